The van der Waals surface area contributed by atoms with Crippen LogP contribution in [0.25, 0.3) is 0 Å². The monoisotopic (exact) mass is 355 g/mol. The van der Waals surface area contributed by atoms with Crippen LogP contribution in [0.5, 0.6) is 0 Å². The zero-order chi connectivity index (χ0) is 11.7. The highest BCUT2D eigenvalue weighted by molar-refractivity contribution is 9.11. The maximum Gasteiger partial charge on any atom is 0.0995 e. The summed E-state index contributed by atoms with van der Waals surface area (Å²) in [5, 5.41) is 3.26. The first-order valence-corrected chi connectivity index (χ1v) is 7.67. The van der Waals surface area contributed by atoms with Crippen LogP contribution in [0.3, 0.4) is 0 Å². The standard InChI is InChI=1S/C10H8BrCl2NS2/c1-14-9(6-2-3-7(11)15-6)5-4-8(12)16-10(5)13/h2-4,9,14H,1H3. The van der Waals surface area contributed by atoms with Gasteiger partial charge in [0.1, 0.15) is 0 Å². The predicted octanol–water partition coefficient (Wildman–Crippen LogP) is 5.19. The minimum Gasteiger partial charge on any atom is -0.309 e. The summed E-state index contributed by atoms with van der Waals surface area (Å²) in [5.41, 5.74) is 1.04. The van der Waals surface area contributed by atoms with Gasteiger partial charge in [-0.15, -0.1) is 22.7 Å². The van der Waals surface area contributed by atoms with Crippen LogP contribution in [0.1, 0.15) is 16.5 Å². The van der Waals surface area contributed by atoms with E-state index in [0.717, 1.165) is 18.0 Å². The lowest BCUT2D eigenvalue weighted by Gasteiger charge is -2.13. The van der Waals surface area contributed by atoms with Gasteiger partial charge in [0.15, 0.2) is 0 Å². The second kappa shape index (κ2) is 5.38. The topological polar surface area (TPSA) is 12.0 Å². The van der Waals surface area contributed by atoms with E-state index in [-0.39, 0.29) is 6.04 Å². The Labute approximate surface area is 121 Å². The molecule has 0 radical (unpaired) electrons. The van der Waals surface area contributed by atoms with Gasteiger partial charge in [-0.05, 0) is 41.2 Å². The molecule has 0 spiro atoms. The molecule has 0 saturated heterocycles. The number of thiophene rings is 2. The summed E-state index contributed by atoms with van der Waals surface area (Å²) in [4.78, 5) is 1.21. The molecule has 2 rings (SSSR count). The van der Waals surface area contributed by atoms with E-state index in [1.54, 1.807) is 11.3 Å². The van der Waals surface area contributed by atoms with Crippen molar-refractivity contribution in [3.63, 3.8) is 0 Å². The van der Waals surface area contributed by atoms with Crippen molar-refractivity contribution in [3.05, 3.63) is 41.1 Å². The van der Waals surface area contributed by atoms with Gasteiger partial charge < -0.3 is 5.32 Å². The average Bonchev–Trinajstić information content (AvgIpc) is 2.76. The lowest BCUT2D eigenvalue weighted by Crippen LogP contribution is -2.15. The lowest BCUT2D eigenvalue weighted by atomic mass is 10.1. The van der Waals surface area contributed by atoms with Gasteiger partial charge in [0.2, 0.25) is 0 Å². The summed E-state index contributed by atoms with van der Waals surface area (Å²) in [6.07, 6.45) is 0. The lowest BCUT2D eigenvalue weighted by molar-refractivity contribution is 0.706. The summed E-state index contributed by atoms with van der Waals surface area (Å²) in [6.45, 7) is 0. The molecule has 0 fully saturated rings. The summed E-state index contributed by atoms with van der Waals surface area (Å²) < 4.78 is 2.57. The molecule has 0 bridgehead atoms. The Morgan fingerprint density at radius 3 is 2.50 bits per heavy atom. The molecule has 1 unspecified atom stereocenters. The van der Waals surface area contributed by atoms with E-state index in [9.17, 15) is 0 Å². The summed E-state index contributed by atoms with van der Waals surface area (Å²) in [6, 6.07) is 6.14. The number of hydrogen-bond acceptors (Lipinski definition) is 3. The quantitative estimate of drug-likeness (QED) is 0.798. The fraction of sp³-hybridized carbons (Fsp3) is 0.200. The molecule has 6 heteroatoms. The van der Waals surface area contributed by atoms with Gasteiger partial charge in [-0.3, -0.25) is 0 Å². The number of rotatable bonds is 3. The van der Waals surface area contributed by atoms with Gasteiger partial charge in [-0.1, -0.05) is 23.2 Å². The molecule has 1 atom stereocenters. The van der Waals surface area contributed by atoms with Crippen molar-refractivity contribution >= 4 is 61.8 Å². The molecule has 1 nitrogen and oxygen atoms in total. The zero-order valence-electron chi connectivity index (χ0n) is 8.26. The Morgan fingerprint density at radius 2 is 2.06 bits per heavy atom. The maximum absolute atomic E-state index is 6.16. The van der Waals surface area contributed by atoms with Gasteiger partial charge in [0.05, 0.1) is 18.5 Å². The first-order chi connectivity index (χ1) is 7.61. The van der Waals surface area contributed by atoms with Crippen LogP contribution in [-0.4, -0.2) is 7.05 Å². The predicted molar refractivity (Wildman–Crippen MR) is 77.3 cm³/mol. The van der Waals surface area contributed by atoms with Crippen LogP contribution in [0.15, 0.2) is 22.0 Å². The van der Waals surface area contributed by atoms with E-state index in [0.29, 0.717) is 0 Å². The maximum atomic E-state index is 6.16. The van der Waals surface area contributed by atoms with E-state index < -0.39 is 0 Å². The highest BCUT2D eigenvalue weighted by Gasteiger charge is 2.19. The molecule has 2 aromatic heterocycles. The van der Waals surface area contributed by atoms with E-state index in [2.05, 4.69) is 27.3 Å². The largest absolute Gasteiger partial charge is 0.309 e. The highest BCUT2D eigenvalue weighted by Crippen LogP contribution is 2.39. The SMILES string of the molecule is CNC(c1ccc(Br)s1)c1cc(Cl)sc1Cl. The summed E-state index contributed by atoms with van der Waals surface area (Å²) in [5.74, 6) is 0. The van der Waals surface area contributed by atoms with Crippen LogP contribution in [0.2, 0.25) is 8.67 Å². The van der Waals surface area contributed by atoms with Crippen LogP contribution < -0.4 is 5.32 Å². The molecule has 1 N–H and O–H groups in total. The third-order valence-corrected chi connectivity index (χ3v) is 5.37. The van der Waals surface area contributed by atoms with Gasteiger partial charge >= 0.3 is 0 Å². The second-order valence-corrected chi connectivity index (χ2v) is 7.92. The molecule has 0 aromatic carbocycles. The molecule has 0 aliphatic rings. The van der Waals surface area contributed by atoms with Gasteiger partial charge in [-0.25, -0.2) is 0 Å². The zero-order valence-corrected chi connectivity index (χ0v) is 13.0. The summed E-state index contributed by atoms with van der Waals surface area (Å²) in [7, 11) is 1.92. The van der Waals surface area contributed by atoms with Crippen molar-refractivity contribution < 1.29 is 0 Å². The van der Waals surface area contributed by atoms with Crippen molar-refractivity contribution in [1.82, 2.24) is 5.32 Å². The minimum atomic E-state index is 0.104. The Hall–Kier alpha value is 0.420. The number of halogens is 3. The van der Waals surface area contributed by atoms with E-state index >= 15 is 0 Å². The highest BCUT2D eigenvalue weighted by atomic mass is 79.9. The van der Waals surface area contributed by atoms with Crippen molar-refractivity contribution in [2.45, 2.75) is 6.04 Å². The van der Waals surface area contributed by atoms with Gasteiger partial charge in [0.25, 0.3) is 0 Å². The van der Waals surface area contributed by atoms with Crippen molar-refractivity contribution in [2.75, 3.05) is 7.05 Å². The normalized spacial score (nSPS) is 13.0. The second-order valence-electron chi connectivity index (χ2n) is 3.14. The fourth-order valence-corrected chi connectivity index (χ4v) is 4.57. The first kappa shape index (κ1) is 12.9. The van der Waals surface area contributed by atoms with E-state index in [1.807, 2.05) is 19.2 Å². The molecular weight excluding hydrogens is 349 g/mol. The minimum absolute atomic E-state index is 0.104. The van der Waals surface area contributed by atoms with Crippen LogP contribution in [0, 0.1) is 0 Å². The molecule has 0 amide bonds. The molecule has 16 heavy (non-hydrogen) atoms. The third kappa shape index (κ3) is 2.63. The first-order valence-electron chi connectivity index (χ1n) is 4.49. The van der Waals surface area contributed by atoms with Crippen molar-refractivity contribution in [1.29, 1.82) is 0 Å². The molecular formula is C10H8BrCl2NS2. The van der Waals surface area contributed by atoms with Crippen LogP contribution >= 0.6 is 61.8 Å². The van der Waals surface area contributed by atoms with Gasteiger partial charge in [0, 0.05) is 10.4 Å². The number of hydrogen-bond donors (Lipinski definition) is 1. The summed E-state index contributed by atoms with van der Waals surface area (Å²) >= 11 is 18.7. The fourth-order valence-electron chi connectivity index (χ4n) is 1.48. The van der Waals surface area contributed by atoms with Crippen LogP contribution in [0.4, 0.5) is 0 Å². The van der Waals surface area contributed by atoms with Crippen molar-refractivity contribution in [2.24, 2.45) is 0 Å². The smallest absolute Gasteiger partial charge is 0.0995 e. The van der Waals surface area contributed by atoms with Crippen LogP contribution in [-0.2, 0) is 0 Å². The average molecular weight is 357 g/mol. The molecule has 2 heterocycles. The van der Waals surface area contributed by atoms with E-state index in [4.69, 9.17) is 23.2 Å². The Bertz CT molecular complexity index is 495. The van der Waals surface area contributed by atoms with E-state index in [1.165, 1.54) is 16.2 Å². The molecule has 2 aromatic rings. The molecule has 0 aliphatic carbocycles. The Morgan fingerprint density at radius 1 is 1.31 bits per heavy atom. The van der Waals surface area contributed by atoms with Gasteiger partial charge in [-0.2, -0.15) is 0 Å². The molecule has 86 valence electrons. The molecule has 0 aliphatic heterocycles. The van der Waals surface area contributed by atoms with Crippen molar-refractivity contribution in [3.8, 4) is 0 Å². The third-order valence-electron chi connectivity index (χ3n) is 2.16. The molecule has 0 saturated carbocycles. The Balaban J connectivity index is 2.40. The number of nitrogens with one attached hydrogen (secondary N) is 1. The Kier molecular flexibility index (Phi) is 4.32.